The molecule has 4 saturated carbocycles. The molecule has 27 heavy (non-hydrogen) atoms. The van der Waals surface area contributed by atoms with Crippen molar-refractivity contribution < 1.29 is 4.79 Å². The summed E-state index contributed by atoms with van der Waals surface area (Å²) in [5, 5.41) is 0. The van der Waals surface area contributed by atoms with Gasteiger partial charge in [0.2, 0.25) is 0 Å². The van der Waals surface area contributed by atoms with Crippen LogP contribution in [0.1, 0.15) is 37.8 Å². The molecule has 5 heteroatoms. The largest absolute Gasteiger partial charge is 0.370 e. The monoisotopic (exact) mass is 362 g/mol. The summed E-state index contributed by atoms with van der Waals surface area (Å²) >= 11 is 0. The third kappa shape index (κ3) is 2.68. The van der Waals surface area contributed by atoms with Crippen molar-refractivity contribution in [1.82, 2.24) is 4.57 Å². The Kier molecular flexibility index (Phi) is 3.67. The minimum absolute atomic E-state index is 0.173. The number of carbonyl (C=O) groups is 1. The zero-order valence-electron chi connectivity index (χ0n) is 15.5. The number of aromatic nitrogens is 1. The Morgan fingerprint density at radius 2 is 1.74 bits per heavy atom. The van der Waals surface area contributed by atoms with E-state index in [-0.39, 0.29) is 23.8 Å². The van der Waals surface area contributed by atoms with Crippen LogP contribution in [0.3, 0.4) is 0 Å². The minimum Gasteiger partial charge on any atom is -0.370 e. The highest BCUT2D eigenvalue weighted by Crippen LogP contribution is 2.65. The second-order valence-corrected chi connectivity index (χ2v) is 8.74. The van der Waals surface area contributed by atoms with Gasteiger partial charge in [-0.25, -0.2) is 0 Å². The van der Waals surface area contributed by atoms with Crippen molar-refractivity contribution in [2.45, 2.75) is 44.1 Å². The van der Waals surface area contributed by atoms with E-state index in [0.29, 0.717) is 0 Å². The first kappa shape index (κ1) is 16.6. The highest BCUT2D eigenvalue weighted by Gasteiger charge is 2.57. The molecule has 0 saturated heterocycles. The smallest absolute Gasteiger partial charge is 0.268 e. The first-order chi connectivity index (χ1) is 13.0. The zero-order valence-corrected chi connectivity index (χ0v) is 15.5. The van der Waals surface area contributed by atoms with Crippen LogP contribution in [-0.4, -0.2) is 16.4 Å². The number of rotatable bonds is 4. The van der Waals surface area contributed by atoms with Crippen molar-refractivity contribution in [1.29, 1.82) is 0 Å². The van der Waals surface area contributed by atoms with Crippen LogP contribution in [0.2, 0.25) is 0 Å². The number of aliphatic imine (C=N–C) groups is 1. The van der Waals surface area contributed by atoms with Gasteiger partial charge in [-0.2, -0.15) is 4.99 Å². The molecule has 0 spiro atoms. The van der Waals surface area contributed by atoms with Gasteiger partial charge < -0.3 is 16.0 Å². The van der Waals surface area contributed by atoms with E-state index in [4.69, 9.17) is 11.5 Å². The average molecular weight is 362 g/mol. The van der Waals surface area contributed by atoms with Crippen LogP contribution in [0.25, 0.3) is 11.3 Å². The van der Waals surface area contributed by atoms with Crippen LogP contribution >= 0.6 is 0 Å². The summed E-state index contributed by atoms with van der Waals surface area (Å²) < 4.78 is 2.18. The van der Waals surface area contributed by atoms with Gasteiger partial charge in [0.1, 0.15) is 6.54 Å². The number of guanidine groups is 1. The second-order valence-electron chi connectivity index (χ2n) is 8.74. The lowest BCUT2D eigenvalue weighted by atomic mass is 9.67. The Labute approximate surface area is 159 Å². The van der Waals surface area contributed by atoms with Crippen molar-refractivity contribution in [2.75, 3.05) is 0 Å². The van der Waals surface area contributed by atoms with Crippen LogP contribution < -0.4 is 11.5 Å². The van der Waals surface area contributed by atoms with E-state index >= 15 is 0 Å². The van der Waals surface area contributed by atoms with Crippen molar-refractivity contribution >= 4 is 11.9 Å². The van der Waals surface area contributed by atoms with Crippen molar-refractivity contribution in [3.8, 4) is 11.3 Å². The van der Waals surface area contributed by atoms with Crippen molar-refractivity contribution in [3.63, 3.8) is 0 Å². The maximum Gasteiger partial charge on any atom is 0.268 e. The van der Waals surface area contributed by atoms with Crippen LogP contribution in [0.5, 0.6) is 0 Å². The van der Waals surface area contributed by atoms with Gasteiger partial charge in [0.15, 0.2) is 5.96 Å². The van der Waals surface area contributed by atoms with Gasteiger partial charge in [-0.15, -0.1) is 0 Å². The number of nitrogens with two attached hydrogens (primary N) is 2. The van der Waals surface area contributed by atoms with Gasteiger partial charge in [-0.1, -0.05) is 30.3 Å². The molecule has 4 fully saturated rings. The average Bonchev–Trinajstić information content (AvgIpc) is 3.24. The van der Waals surface area contributed by atoms with Gasteiger partial charge in [-0.3, -0.25) is 4.79 Å². The molecule has 1 heterocycles. The molecule has 0 aliphatic heterocycles. The topological polar surface area (TPSA) is 86.4 Å². The number of carbonyl (C=O) groups excluding carboxylic acids is 1. The Balaban J connectivity index is 1.59. The van der Waals surface area contributed by atoms with E-state index in [9.17, 15) is 4.79 Å². The molecule has 4 N–H and O–H groups in total. The number of amides is 1. The highest BCUT2D eigenvalue weighted by atomic mass is 16.1. The normalized spacial score (nSPS) is 30.6. The van der Waals surface area contributed by atoms with Gasteiger partial charge in [0.05, 0.1) is 0 Å². The Morgan fingerprint density at radius 3 is 2.37 bits per heavy atom. The number of hydrogen-bond donors (Lipinski definition) is 2. The molecular weight excluding hydrogens is 336 g/mol. The Bertz CT molecular complexity index is 890. The van der Waals surface area contributed by atoms with E-state index in [1.54, 1.807) is 0 Å². The summed E-state index contributed by atoms with van der Waals surface area (Å²) in [7, 11) is 0. The van der Waals surface area contributed by atoms with Crippen LogP contribution in [0, 0.1) is 17.8 Å². The molecular formula is C22H26N4O. The molecule has 0 radical (unpaired) electrons. The molecule has 2 unspecified atom stereocenters. The lowest BCUT2D eigenvalue weighted by Gasteiger charge is -2.39. The van der Waals surface area contributed by atoms with E-state index in [1.165, 1.54) is 37.8 Å². The minimum atomic E-state index is -0.295. The predicted molar refractivity (Wildman–Crippen MR) is 106 cm³/mol. The van der Waals surface area contributed by atoms with Crippen LogP contribution in [0.4, 0.5) is 0 Å². The fraction of sp³-hybridized carbons (Fsp3) is 0.455. The molecule has 2 aromatic rings. The van der Waals surface area contributed by atoms with Gasteiger partial charge in [0.25, 0.3) is 5.91 Å². The highest BCUT2D eigenvalue weighted by molar-refractivity contribution is 5.91. The molecule has 1 amide bonds. The van der Waals surface area contributed by atoms with E-state index in [2.05, 4.69) is 33.8 Å². The summed E-state index contributed by atoms with van der Waals surface area (Å²) in [4.78, 5) is 16.2. The van der Waals surface area contributed by atoms with E-state index < -0.39 is 0 Å². The molecule has 1 aromatic heterocycles. The Hall–Kier alpha value is -2.56. The third-order valence-electron chi connectivity index (χ3n) is 7.06. The second kappa shape index (κ2) is 5.98. The third-order valence-corrected chi connectivity index (χ3v) is 7.06. The quantitative estimate of drug-likeness (QED) is 0.647. The van der Waals surface area contributed by atoms with Crippen LogP contribution in [-0.2, 0) is 16.8 Å². The summed E-state index contributed by atoms with van der Waals surface area (Å²) in [5.74, 6) is 2.14. The molecule has 4 aliphatic rings. The predicted octanol–water partition coefficient (Wildman–Crippen LogP) is 3.03. The fourth-order valence-electron chi connectivity index (χ4n) is 6.40. The summed E-state index contributed by atoms with van der Waals surface area (Å²) in [6.07, 6.45) is 6.61. The summed E-state index contributed by atoms with van der Waals surface area (Å²) in [6.45, 7) is 0.187. The molecule has 1 aromatic carbocycles. The summed E-state index contributed by atoms with van der Waals surface area (Å²) in [6, 6.07) is 14.7. The van der Waals surface area contributed by atoms with Gasteiger partial charge in [-0.05, 0) is 67.6 Å². The standard InChI is InChI=1S/C22H26N4O/c23-21(24)25-20(27)13-26-18(15-4-2-1-3-5-15)6-7-19(26)22-10-14-8-16(11-22)17(9-14)12-22/h1-7,14,16-17H,8-13H2,(H4,23,24,25,27). The number of hydrogen-bond acceptors (Lipinski definition) is 1. The first-order valence-electron chi connectivity index (χ1n) is 9.92. The van der Waals surface area contributed by atoms with Gasteiger partial charge >= 0.3 is 0 Å². The molecule has 5 nitrogen and oxygen atoms in total. The molecule has 4 bridgehead atoms. The van der Waals surface area contributed by atoms with Crippen molar-refractivity contribution in [2.24, 2.45) is 34.2 Å². The van der Waals surface area contributed by atoms with Gasteiger partial charge in [0, 0.05) is 16.8 Å². The molecule has 6 rings (SSSR count). The maximum absolute atomic E-state index is 12.4. The lowest BCUT2D eigenvalue weighted by Crippen LogP contribution is -2.34. The zero-order chi connectivity index (χ0) is 18.6. The number of benzene rings is 1. The summed E-state index contributed by atoms with van der Waals surface area (Å²) in [5.41, 5.74) is 14.6. The molecule has 4 aliphatic carbocycles. The Morgan fingerprint density at radius 1 is 1.04 bits per heavy atom. The van der Waals surface area contributed by atoms with Crippen molar-refractivity contribution in [3.05, 3.63) is 48.2 Å². The fourth-order valence-corrected chi connectivity index (χ4v) is 6.40. The van der Waals surface area contributed by atoms with E-state index in [1.807, 2.05) is 18.2 Å². The molecule has 140 valence electrons. The van der Waals surface area contributed by atoms with E-state index in [0.717, 1.165) is 29.0 Å². The SMILES string of the molecule is NC(N)=NC(=O)Cn1c(-c2ccccc2)ccc1C12CC3CC(C1)C(C3)C2. The first-order valence-corrected chi connectivity index (χ1v) is 9.92. The van der Waals surface area contributed by atoms with Crippen LogP contribution in [0.15, 0.2) is 47.5 Å². The maximum atomic E-state index is 12.4. The number of nitrogens with zero attached hydrogens (tertiary/aromatic N) is 2. The lowest BCUT2D eigenvalue weighted by molar-refractivity contribution is -0.118. The molecule has 2 atom stereocenters.